The molecule has 0 aromatic heterocycles. The molecule has 0 saturated heterocycles. The molecule has 3 nitrogen and oxygen atoms in total. The van der Waals surface area contributed by atoms with Crippen LogP contribution < -0.4 is 0 Å². The molecule has 1 aliphatic rings. The van der Waals surface area contributed by atoms with Crippen LogP contribution in [0.1, 0.15) is 54.6 Å². The summed E-state index contributed by atoms with van der Waals surface area (Å²) in [5, 5.41) is 0. The first kappa shape index (κ1) is 14.8. The van der Waals surface area contributed by atoms with E-state index in [9.17, 15) is 9.59 Å². The molecule has 3 heteroatoms. The first-order valence-electron chi connectivity index (χ1n) is 7.58. The minimum absolute atomic E-state index is 0.0736. The molecule has 1 aromatic rings. The van der Waals surface area contributed by atoms with Crippen molar-refractivity contribution in [3.8, 4) is 0 Å². The number of benzene rings is 1. The molecule has 1 amide bonds. The second kappa shape index (κ2) is 6.69. The van der Waals surface area contributed by atoms with Crippen LogP contribution in [0.3, 0.4) is 0 Å². The van der Waals surface area contributed by atoms with Gasteiger partial charge in [0.15, 0.2) is 5.78 Å². The van der Waals surface area contributed by atoms with Gasteiger partial charge in [-0.3, -0.25) is 9.59 Å². The highest BCUT2D eigenvalue weighted by atomic mass is 16.2. The quantitative estimate of drug-likeness (QED) is 0.747. The second-order valence-electron chi connectivity index (χ2n) is 5.33. The number of aryl methyl sites for hydroxylation is 2. The summed E-state index contributed by atoms with van der Waals surface area (Å²) in [6, 6.07) is 6.00. The Morgan fingerprint density at radius 3 is 2.45 bits per heavy atom. The Kier molecular flexibility index (Phi) is 4.94. The molecule has 20 heavy (non-hydrogen) atoms. The summed E-state index contributed by atoms with van der Waals surface area (Å²) in [7, 11) is 0. The Morgan fingerprint density at radius 1 is 1.05 bits per heavy atom. The van der Waals surface area contributed by atoms with Crippen LogP contribution in [-0.2, 0) is 17.6 Å². The first-order chi connectivity index (χ1) is 9.65. The van der Waals surface area contributed by atoms with E-state index in [1.54, 1.807) is 4.90 Å². The number of carbonyl (C=O) groups is 2. The molecular formula is C17H23NO2. The molecule has 0 fully saturated rings. The van der Waals surface area contributed by atoms with Crippen LogP contribution in [-0.4, -0.2) is 29.7 Å². The minimum atomic E-state index is 0.0736. The lowest BCUT2D eigenvalue weighted by atomic mass is 10.0. The van der Waals surface area contributed by atoms with Gasteiger partial charge in [-0.1, -0.05) is 12.1 Å². The Morgan fingerprint density at radius 2 is 1.75 bits per heavy atom. The minimum Gasteiger partial charge on any atom is -0.343 e. The Hall–Kier alpha value is -1.64. The lowest BCUT2D eigenvalue weighted by Gasteiger charge is -2.18. The molecule has 1 aliphatic carbocycles. The maximum absolute atomic E-state index is 12.2. The summed E-state index contributed by atoms with van der Waals surface area (Å²) in [4.78, 5) is 25.9. The van der Waals surface area contributed by atoms with E-state index in [0.29, 0.717) is 25.9 Å². The maximum Gasteiger partial charge on any atom is 0.223 e. The van der Waals surface area contributed by atoms with Gasteiger partial charge in [-0.2, -0.15) is 0 Å². The van der Waals surface area contributed by atoms with Gasteiger partial charge in [0.1, 0.15) is 0 Å². The fourth-order valence-corrected chi connectivity index (χ4v) is 2.84. The molecule has 0 radical (unpaired) electrons. The van der Waals surface area contributed by atoms with Crippen molar-refractivity contribution in [2.75, 3.05) is 13.1 Å². The molecule has 0 atom stereocenters. The van der Waals surface area contributed by atoms with Gasteiger partial charge in [-0.25, -0.2) is 0 Å². The number of carbonyl (C=O) groups excluding carboxylic acids is 2. The Labute approximate surface area is 121 Å². The van der Waals surface area contributed by atoms with E-state index in [2.05, 4.69) is 6.07 Å². The molecule has 0 bridgehead atoms. The lowest BCUT2D eigenvalue weighted by molar-refractivity contribution is -0.130. The highest BCUT2D eigenvalue weighted by Crippen LogP contribution is 2.23. The van der Waals surface area contributed by atoms with Crippen LogP contribution in [0.15, 0.2) is 18.2 Å². The molecule has 0 unspecified atom stereocenters. The zero-order valence-corrected chi connectivity index (χ0v) is 12.4. The highest BCUT2D eigenvalue weighted by Gasteiger charge is 2.16. The first-order valence-corrected chi connectivity index (χ1v) is 7.58. The summed E-state index contributed by atoms with van der Waals surface area (Å²) in [6.07, 6.45) is 4.03. The van der Waals surface area contributed by atoms with Gasteiger partial charge in [-0.05, 0) is 50.3 Å². The van der Waals surface area contributed by atoms with Crippen LogP contribution >= 0.6 is 0 Å². The normalized spacial score (nSPS) is 13.1. The summed E-state index contributed by atoms with van der Waals surface area (Å²) in [6.45, 7) is 5.35. The van der Waals surface area contributed by atoms with Gasteiger partial charge < -0.3 is 4.90 Å². The van der Waals surface area contributed by atoms with E-state index in [-0.39, 0.29) is 11.7 Å². The van der Waals surface area contributed by atoms with Crippen LogP contribution in [0.4, 0.5) is 0 Å². The average molecular weight is 273 g/mol. The summed E-state index contributed by atoms with van der Waals surface area (Å²) in [5.74, 6) is 0.157. The van der Waals surface area contributed by atoms with Gasteiger partial charge in [-0.15, -0.1) is 0 Å². The monoisotopic (exact) mass is 273 g/mol. The zero-order valence-electron chi connectivity index (χ0n) is 12.4. The average Bonchev–Trinajstić information content (AvgIpc) is 2.93. The standard InChI is InChI=1S/C17H23NO2/c1-3-18(4-2)17(20)11-10-16(19)15-9-8-13-6-5-7-14(13)12-15/h8-9,12H,3-7,10-11H2,1-2H3. The van der Waals surface area contributed by atoms with Crippen LogP contribution in [0.25, 0.3) is 0 Å². The SMILES string of the molecule is CCN(CC)C(=O)CCC(=O)c1ccc2c(c1)CCC2. The van der Waals surface area contributed by atoms with E-state index >= 15 is 0 Å². The smallest absolute Gasteiger partial charge is 0.223 e. The van der Waals surface area contributed by atoms with Crippen molar-refractivity contribution in [2.45, 2.75) is 46.0 Å². The van der Waals surface area contributed by atoms with Crippen LogP contribution in [0.5, 0.6) is 0 Å². The molecule has 0 spiro atoms. The predicted molar refractivity (Wildman–Crippen MR) is 80.0 cm³/mol. The van der Waals surface area contributed by atoms with Gasteiger partial charge in [0.05, 0.1) is 0 Å². The van der Waals surface area contributed by atoms with E-state index in [0.717, 1.165) is 18.4 Å². The Bertz CT molecular complexity index is 504. The number of nitrogens with zero attached hydrogens (tertiary/aromatic N) is 1. The van der Waals surface area contributed by atoms with Crippen molar-refractivity contribution >= 4 is 11.7 Å². The zero-order chi connectivity index (χ0) is 14.5. The second-order valence-corrected chi connectivity index (χ2v) is 5.33. The van der Waals surface area contributed by atoms with Gasteiger partial charge in [0.2, 0.25) is 5.91 Å². The largest absolute Gasteiger partial charge is 0.343 e. The highest BCUT2D eigenvalue weighted by molar-refractivity contribution is 5.98. The number of hydrogen-bond donors (Lipinski definition) is 0. The number of amides is 1. The molecule has 2 rings (SSSR count). The number of hydrogen-bond acceptors (Lipinski definition) is 2. The summed E-state index contributed by atoms with van der Waals surface area (Å²) >= 11 is 0. The van der Waals surface area contributed by atoms with Crippen molar-refractivity contribution in [3.63, 3.8) is 0 Å². The topological polar surface area (TPSA) is 37.4 Å². The third-order valence-electron chi connectivity index (χ3n) is 4.10. The van der Waals surface area contributed by atoms with Crippen molar-refractivity contribution in [1.29, 1.82) is 0 Å². The molecule has 1 aromatic carbocycles. The molecule has 0 saturated carbocycles. The summed E-state index contributed by atoms with van der Waals surface area (Å²) in [5.41, 5.74) is 3.45. The number of ketones is 1. The van der Waals surface area contributed by atoms with E-state index in [1.807, 2.05) is 26.0 Å². The van der Waals surface area contributed by atoms with Crippen molar-refractivity contribution in [3.05, 3.63) is 34.9 Å². The Balaban J connectivity index is 1.94. The van der Waals surface area contributed by atoms with Crippen molar-refractivity contribution in [2.24, 2.45) is 0 Å². The van der Waals surface area contributed by atoms with E-state index < -0.39 is 0 Å². The van der Waals surface area contributed by atoms with Gasteiger partial charge >= 0.3 is 0 Å². The van der Waals surface area contributed by atoms with Gasteiger partial charge in [0, 0.05) is 31.5 Å². The number of fused-ring (bicyclic) bond motifs is 1. The maximum atomic E-state index is 12.2. The molecule has 0 aliphatic heterocycles. The third-order valence-corrected chi connectivity index (χ3v) is 4.10. The number of Topliss-reactive ketones (excluding diaryl/α,β-unsaturated/α-hetero) is 1. The fraction of sp³-hybridized carbons (Fsp3) is 0.529. The van der Waals surface area contributed by atoms with E-state index in [1.165, 1.54) is 17.5 Å². The van der Waals surface area contributed by atoms with E-state index in [4.69, 9.17) is 0 Å². The van der Waals surface area contributed by atoms with Gasteiger partial charge in [0.25, 0.3) is 0 Å². The molecule has 108 valence electrons. The summed E-state index contributed by atoms with van der Waals surface area (Å²) < 4.78 is 0. The van der Waals surface area contributed by atoms with Crippen molar-refractivity contribution in [1.82, 2.24) is 4.90 Å². The van der Waals surface area contributed by atoms with Crippen LogP contribution in [0, 0.1) is 0 Å². The lowest BCUT2D eigenvalue weighted by Crippen LogP contribution is -2.30. The predicted octanol–water partition coefficient (Wildman–Crippen LogP) is 3.01. The fourth-order valence-electron chi connectivity index (χ4n) is 2.84. The molecular weight excluding hydrogens is 250 g/mol. The third kappa shape index (κ3) is 3.27. The number of rotatable bonds is 6. The van der Waals surface area contributed by atoms with Crippen molar-refractivity contribution < 1.29 is 9.59 Å². The molecule has 0 heterocycles. The molecule has 0 N–H and O–H groups in total. The van der Waals surface area contributed by atoms with Crippen LogP contribution in [0.2, 0.25) is 0 Å².